The topological polar surface area (TPSA) is 74.5 Å². The number of nitrogens with zero attached hydrogens (tertiary/aromatic N) is 1. The van der Waals surface area contributed by atoms with E-state index in [9.17, 15) is 28.2 Å². The SMILES string of the molecule is Cc1ccc(C(=O)O)c(O)c1NCc1cccc(-n2ccc3c(-c4ccc(C(F)(F)F)cc4)cccc32)c1. The van der Waals surface area contributed by atoms with Gasteiger partial charge >= 0.3 is 12.1 Å². The number of carboxylic acids is 1. The van der Waals surface area contributed by atoms with Crippen molar-refractivity contribution in [3.05, 3.63) is 113 Å². The van der Waals surface area contributed by atoms with Crippen molar-refractivity contribution in [1.82, 2.24) is 4.57 Å². The predicted molar refractivity (Wildman–Crippen MR) is 141 cm³/mol. The molecule has 0 spiro atoms. The Labute approximate surface area is 216 Å². The Kier molecular flexibility index (Phi) is 6.32. The standard InChI is InChI=1S/C30H23F3N2O3/c1-18-8-13-25(29(37)38)28(36)27(18)34-17-19-4-2-5-22(16-19)35-15-14-24-23(6-3-7-26(24)35)20-9-11-21(12-10-20)30(31,32)33/h2-16,34,36H,17H2,1H3,(H,37,38). The van der Waals surface area contributed by atoms with Crippen LogP contribution in [0.15, 0.2) is 91.1 Å². The molecule has 0 unspecified atom stereocenters. The maximum Gasteiger partial charge on any atom is 0.416 e. The molecule has 0 amide bonds. The molecule has 0 radical (unpaired) electrons. The lowest BCUT2D eigenvalue weighted by molar-refractivity contribution is -0.137. The summed E-state index contributed by atoms with van der Waals surface area (Å²) in [5, 5.41) is 23.8. The highest BCUT2D eigenvalue weighted by atomic mass is 19.4. The number of anilines is 1. The van der Waals surface area contributed by atoms with Crippen molar-refractivity contribution < 1.29 is 28.2 Å². The number of benzene rings is 4. The Morgan fingerprint density at radius 1 is 0.947 bits per heavy atom. The van der Waals surface area contributed by atoms with E-state index in [4.69, 9.17) is 0 Å². The van der Waals surface area contributed by atoms with Gasteiger partial charge in [-0.2, -0.15) is 13.2 Å². The number of rotatable bonds is 6. The number of aryl methyl sites for hydroxylation is 1. The first-order valence-electron chi connectivity index (χ1n) is 11.8. The van der Waals surface area contributed by atoms with Gasteiger partial charge in [0.25, 0.3) is 0 Å². The van der Waals surface area contributed by atoms with Crippen LogP contribution in [0, 0.1) is 6.92 Å². The van der Waals surface area contributed by atoms with E-state index < -0.39 is 17.7 Å². The molecule has 0 bridgehead atoms. The number of aromatic nitrogens is 1. The van der Waals surface area contributed by atoms with Gasteiger partial charge in [0.2, 0.25) is 0 Å². The number of halogens is 3. The lowest BCUT2D eigenvalue weighted by Gasteiger charge is -2.14. The number of hydrogen-bond acceptors (Lipinski definition) is 3. The highest BCUT2D eigenvalue weighted by Crippen LogP contribution is 2.35. The first kappa shape index (κ1) is 25.0. The normalized spacial score (nSPS) is 11.6. The summed E-state index contributed by atoms with van der Waals surface area (Å²) >= 11 is 0. The molecule has 0 aliphatic carbocycles. The van der Waals surface area contributed by atoms with Crippen LogP contribution in [0.25, 0.3) is 27.7 Å². The summed E-state index contributed by atoms with van der Waals surface area (Å²) in [6.07, 6.45) is -2.47. The summed E-state index contributed by atoms with van der Waals surface area (Å²) in [7, 11) is 0. The van der Waals surface area contributed by atoms with Crippen LogP contribution < -0.4 is 5.32 Å². The summed E-state index contributed by atoms with van der Waals surface area (Å²) in [5.74, 6) is -1.51. The first-order valence-corrected chi connectivity index (χ1v) is 11.8. The minimum Gasteiger partial charge on any atom is -0.505 e. The average molecular weight is 517 g/mol. The van der Waals surface area contributed by atoms with Gasteiger partial charge in [-0.1, -0.05) is 42.5 Å². The zero-order valence-corrected chi connectivity index (χ0v) is 20.3. The zero-order valence-electron chi connectivity index (χ0n) is 20.3. The number of fused-ring (bicyclic) bond motifs is 1. The number of aromatic carboxylic acids is 1. The molecule has 0 aliphatic heterocycles. The molecule has 1 aromatic heterocycles. The third-order valence-corrected chi connectivity index (χ3v) is 6.53. The lowest BCUT2D eigenvalue weighted by atomic mass is 10.0. The average Bonchev–Trinajstić information content (AvgIpc) is 3.32. The summed E-state index contributed by atoms with van der Waals surface area (Å²) in [6, 6.07) is 23.5. The van der Waals surface area contributed by atoms with Crippen molar-refractivity contribution in [2.45, 2.75) is 19.6 Å². The number of phenols is 1. The third-order valence-electron chi connectivity index (χ3n) is 6.53. The molecule has 0 saturated heterocycles. The second-order valence-electron chi connectivity index (χ2n) is 8.98. The van der Waals surface area contributed by atoms with Gasteiger partial charge in [0.15, 0.2) is 5.75 Å². The number of carboxylic acid groups (broad SMARTS) is 1. The quantitative estimate of drug-likeness (QED) is 0.203. The predicted octanol–water partition coefficient (Wildman–Crippen LogP) is 7.64. The molecule has 3 N–H and O–H groups in total. The molecule has 4 aromatic carbocycles. The van der Waals surface area contributed by atoms with Gasteiger partial charge < -0.3 is 20.1 Å². The smallest absolute Gasteiger partial charge is 0.416 e. The van der Waals surface area contributed by atoms with Crippen LogP contribution in [0.5, 0.6) is 5.75 Å². The van der Waals surface area contributed by atoms with Crippen LogP contribution in [0.2, 0.25) is 0 Å². The van der Waals surface area contributed by atoms with Gasteiger partial charge in [-0.05, 0) is 71.6 Å². The molecule has 192 valence electrons. The van der Waals surface area contributed by atoms with Gasteiger partial charge in [0.1, 0.15) is 5.56 Å². The van der Waals surface area contributed by atoms with E-state index in [0.29, 0.717) is 17.8 Å². The molecule has 1 heterocycles. The molecule has 5 rings (SSSR count). The van der Waals surface area contributed by atoms with Gasteiger partial charge in [0, 0.05) is 23.8 Å². The van der Waals surface area contributed by atoms with Crippen molar-refractivity contribution in [3.8, 4) is 22.6 Å². The van der Waals surface area contributed by atoms with Gasteiger partial charge in [-0.15, -0.1) is 0 Å². The highest BCUT2D eigenvalue weighted by molar-refractivity contribution is 5.96. The number of carbonyl (C=O) groups is 1. The van der Waals surface area contributed by atoms with Crippen LogP contribution in [0.4, 0.5) is 18.9 Å². The summed E-state index contributed by atoms with van der Waals surface area (Å²) in [4.78, 5) is 11.4. The first-order chi connectivity index (χ1) is 18.1. The molecule has 0 aliphatic rings. The van der Waals surface area contributed by atoms with Crippen LogP contribution in [0.1, 0.15) is 27.0 Å². The molecule has 0 saturated carbocycles. The fourth-order valence-corrected chi connectivity index (χ4v) is 4.58. The Balaban J connectivity index is 1.44. The molecular formula is C30H23F3N2O3. The minimum atomic E-state index is -4.38. The largest absolute Gasteiger partial charge is 0.505 e. The summed E-state index contributed by atoms with van der Waals surface area (Å²) < 4.78 is 41.0. The number of alkyl halides is 3. The number of aromatic hydroxyl groups is 1. The molecule has 8 heteroatoms. The van der Waals surface area contributed by atoms with Gasteiger partial charge in [0.05, 0.1) is 16.8 Å². The van der Waals surface area contributed by atoms with E-state index in [0.717, 1.165) is 45.4 Å². The lowest BCUT2D eigenvalue weighted by Crippen LogP contribution is -2.05. The monoisotopic (exact) mass is 516 g/mol. The minimum absolute atomic E-state index is 0.172. The van der Waals surface area contributed by atoms with Crippen molar-refractivity contribution in [2.24, 2.45) is 0 Å². The Bertz CT molecular complexity index is 1650. The molecular weight excluding hydrogens is 493 g/mol. The second-order valence-corrected chi connectivity index (χ2v) is 8.98. The summed E-state index contributed by atoms with van der Waals surface area (Å²) in [6.45, 7) is 2.13. The highest BCUT2D eigenvalue weighted by Gasteiger charge is 2.30. The van der Waals surface area contributed by atoms with E-state index in [-0.39, 0.29) is 11.3 Å². The van der Waals surface area contributed by atoms with Crippen LogP contribution in [-0.4, -0.2) is 20.7 Å². The fraction of sp³-hybridized carbons (Fsp3) is 0.100. The number of nitrogens with one attached hydrogen (secondary N) is 1. The van der Waals surface area contributed by atoms with Crippen LogP contribution in [0.3, 0.4) is 0 Å². The van der Waals surface area contributed by atoms with Crippen molar-refractivity contribution in [1.29, 1.82) is 0 Å². The van der Waals surface area contributed by atoms with Crippen molar-refractivity contribution in [2.75, 3.05) is 5.32 Å². The maximum atomic E-state index is 13.0. The van der Waals surface area contributed by atoms with Crippen LogP contribution >= 0.6 is 0 Å². The molecule has 5 aromatic rings. The Hall–Kier alpha value is -4.72. The fourth-order valence-electron chi connectivity index (χ4n) is 4.58. The van der Waals surface area contributed by atoms with E-state index in [2.05, 4.69) is 5.32 Å². The van der Waals surface area contributed by atoms with Crippen molar-refractivity contribution in [3.63, 3.8) is 0 Å². The maximum absolute atomic E-state index is 13.0. The third kappa shape index (κ3) is 4.68. The number of hydrogen-bond donors (Lipinski definition) is 3. The van der Waals surface area contributed by atoms with Gasteiger partial charge in [-0.3, -0.25) is 0 Å². The van der Waals surface area contributed by atoms with E-state index >= 15 is 0 Å². The Morgan fingerprint density at radius 3 is 2.39 bits per heavy atom. The van der Waals surface area contributed by atoms with E-state index in [1.807, 2.05) is 59.3 Å². The van der Waals surface area contributed by atoms with E-state index in [1.54, 1.807) is 13.0 Å². The van der Waals surface area contributed by atoms with E-state index in [1.165, 1.54) is 18.2 Å². The summed E-state index contributed by atoms with van der Waals surface area (Å²) in [5.41, 5.74) is 4.43. The van der Waals surface area contributed by atoms with Crippen LogP contribution in [-0.2, 0) is 12.7 Å². The van der Waals surface area contributed by atoms with Gasteiger partial charge in [-0.25, -0.2) is 4.79 Å². The zero-order chi connectivity index (χ0) is 27.0. The Morgan fingerprint density at radius 2 is 1.68 bits per heavy atom. The molecule has 38 heavy (non-hydrogen) atoms. The second kappa shape index (κ2) is 9.63. The molecule has 0 fully saturated rings. The van der Waals surface area contributed by atoms with Crippen molar-refractivity contribution >= 4 is 22.6 Å². The molecule has 0 atom stereocenters. The molecule has 5 nitrogen and oxygen atoms in total.